The first-order chi connectivity index (χ1) is 27.4. The zero-order valence-electron chi connectivity index (χ0n) is 33.1. The molecule has 2 amide bonds. The SMILES string of the molecule is CC(C)(C)OC(=O)Nc1nc2c(-c3c(Cl)c4c5c(nc(OC[C@@]67CCCN6C[C@H](F)C7)nc5c3F)N3C[C@H]5CC[C@@H]([C@H]3CO4)N5C(=O)OC(C)(C)C)ccc(F)c2s1. The summed E-state index contributed by atoms with van der Waals surface area (Å²) in [6.45, 7) is 12.2. The van der Waals surface area contributed by atoms with Crippen molar-refractivity contribution in [3.63, 3.8) is 0 Å². The molecule has 13 nitrogen and oxygen atoms in total. The number of anilines is 2. The average molecular weight is 844 g/mol. The minimum atomic E-state index is -0.983. The second kappa shape index (κ2) is 13.9. The maximum Gasteiger partial charge on any atom is 0.413 e. The molecule has 0 aliphatic carbocycles. The van der Waals surface area contributed by atoms with Crippen LogP contribution < -0.4 is 19.7 Å². The Labute approximate surface area is 342 Å². The van der Waals surface area contributed by atoms with Crippen molar-refractivity contribution in [3.05, 3.63) is 28.8 Å². The quantitative estimate of drug-likeness (QED) is 0.208. The zero-order chi connectivity index (χ0) is 41.1. The topological polar surface area (TPSA) is 131 Å². The highest BCUT2D eigenvalue weighted by atomic mass is 35.5. The van der Waals surface area contributed by atoms with Crippen molar-refractivity contribution < 1.29 is 41.7 Å². The Morgan fingerprint density at radius 2 is 1.81 bits per heavy atom. The molecule has 2 bridgehead atoms. The van der Waals surface area contributed by atoms with Crippen molar-refractivity contribution in [1.82, 2.24) is 24.8 Å². The number of nitrogens with one attached hydrogen (secondary N) is 1. The fraction of sp³-hybridized carbons (Fsp3) is 0.575. The maximum absolute atomic E-state index is 17.6. The maximum atomic E-state index is 17.6. The minimum Gasteiger partial charge on any atom is -0.489 e. The van der Waals surface area contributed by atoms with E-state index in [0.717, 1.165) is 37.1 Å². The van der Waals surface area contributed by atoms with Gasteiger partial charge in [0.15, 0.2) is 16.7 Å². The molecule has 4 aromatic rings. The third-order valence-corrected chi connectivity index (χ3v) is 13.0. The largest absolute Gasteiger partial charge is 0.489 e. The van der Waals surface area contributed by atoms with E-state index in [1.807, 2.05) is 25.7 Å². The lowest BCUT2D eigenvalue weighted by molar-refractivity contribution is 0.00542. The van der Waals surface area contributed by atoms with Gasteiger partial charge in [-0.2, -0.15) is 9.97 Å². The minimum absolute atomic E-state index is 0.0341. The average Bonchev–Trinajstić information content (AvgIpc) is 3.85. The lowest BCUT2D eigenvalue weighted by Crippen LogP contribution is -2.63. The number of amides is 2. The third-order valence-electron chi connectivity index (χ3n) is 11.6. The van der Waals surface area contributed by atoms with E-state index in [1.54, 1.807) is 25.7 Å². The Hall–Kier alpha value is -4.35. The summed E-state index contributed by atoms with van der Waals surface area (Å²) in [5, 5.41) is 2.70. The van der Waals surface area contributed by atoms with Crippen molar-refractivity contribution in [2.75, 3.05) is 43.1 Å². The Morgan fingerprint density at radius 1 is 1.03 bits per heavy atom. The number of nitrogens with zero attached hydrogens (tertiary/aromatic N) is 6. The summed E-state index contributed by atoms with van der Waals surface area (Å²) in [6, 6.07) is 1.47. The summed E-state index contributed by atoms with van der Waals surface area (Å²) in [5.41, 5.74) is -2.14. The van der Waals surface area contributed by atoms with Gasteiger partial charge in [-0.3, -0.25) is 15.1 Å². The molecule has 4 saturated heterocycles. The molecule has 9 rings (SSSR count). The van der Waals surface area contributed by atoms with Gasteiger partial charge in [-0.25, -0.2) is 27.7 Å². The number of halogens is 4. The molecular weight excluding hydrogens is 799 g/mol. The second-order valence-electron chi connectivity index (χ2n) is 17.9. The van der Waals surface area contributed by atoms with Gasteiger partial charge in [-0.15, -0.1) is 0 Å². The van der Waals surface area contributed by atoms with Crippen molar-refractivity contribution in [2.24, 2.45) is 0 Å². The second-order valence-corrected chi connectivity index (χ2v) is 19.3. The van der Waals surface area contributed by atoms with Gasteiger partial charge in [0.25, 0.3) is 0 Å². The van der Waals surface area contributed by atoms with Crippen LogP contribution in [0.1, 0.15) is 73.6 Å². The molecule has 1 N–H and O–H groups in total. The first kappa shape index (κ1) is 39.1. The van der Waals surface area contributed by atoms with Crippen molar-refractivity contribution in [3.8, 4) is 22.9 Å². The van der Waals surface area contributed by atoms with Crippen molar-refractivity contribution in [1.29, 1.82) is 0 Å². The van der Waals surface area contributed by atoms with Crippen molar-refractivity contribution >= 4 is 67.2 Å². The number of benzene rings is 2. The number of aromatic nitrogens is 3. The Balaban J connectivity index is 1.17. The van der Waals surface area contributed by atoms with E-state index in [4.69, 9.17) is 35.5 Å². The van der Waals surface area contributed by atoms with E-state index in [9.17, 15) is 14.0 Å². The summed E-state index contributed by atoms with van der Waals surface area (Å²) in [7, 11) is 0. The normalized spacial score (nSPS) is 25.4. The van der Waals surface area contributed by atoms with Gasteiger partial charge in [0.05, 0.1) is 44.3 Å². The van der Waals surface area contributed by atoms with E-state index < -0.39 is 52.8 Å². The van der Waals surface area contributed by atoms with Crippen LogP contribution >= 0.6 is 22.9 Å². The van der Waals surface area contributed by atoms with E-state index in [1.165, 1.54) is 12.1 Å². The smallest absolute Gasteiger partial charge is 0.413 e. The van der Waals surface area contributed by atoms with E-state index in [0.29, 0.717) is 31.7 Å². The number of carbonyl (C=O) groups excluding carboxylic acids is 2. The molecule has 58 heavy (non-hydrogen) atoms. The van der Waals surface area contributed by atoms with E-state index in [-0.39, 0.29) is 79.5 Å². The molecule has 0 spiro atoms. The van der Waals surface area contributed by atoms with Gasteiger partial charge in [-0.05, 0) is 85.9 Å². The Kier molecular flexibility index (Phi) is 9.35. The first-order valence-electron chi connectivity index (χ1n) is 19.6. The van der Waals surface area contributed by atoms with E-state index in [2.05, 4.69) is 20.2 Å². The van der Waals surface area contributed by atoms with Crippen LogP contribution in [0, 0.1) is 11.6 Å². The molecule has 0 unspecified atom stereocenters. The number of carbonyl (C=O) groups is 2. The summed E-state index contributed by atoms with van der Waals surface area (Å²) in [5.74, 6) is -1.03. The lowest BCUT2D eigenvalue weighted by atomic mass is 9.95. The molecule has 4 fully saturated rings. The van der Waals surface area contributed by atoms with Crippen LogP contribution in [-0.4, -0.2) is 111 Å². The molecule has 2 aromatic heterocycles. The van der Waals surface area contributed by atoms with Crippen LogP contribution in [0.4, 0.5) is 33.7 Å². The molecule has 310 valence electrons. The Morgan fingerprint density at radius 3 is 2.57 bits per heavy atom. The molecule has 7 heterocycles. The summed E-state index contributed by atoms with van der Waals surface area (Å²) in [4.78, 5) is 46.3. The summed E-state index contributed by atoms with van der Waals surface area (Å²) >= 11 is 8.06. The fourth-order valence-corrected chi connectivity index (χ4v) is 10.6. The Bertz CT molecular complexity index is 2360. The van der Waals surface area contributed by atoms with Gasteiger partial charge in [0.1, 0.15) is 47.7 Å². The van der Waals surface area contributed by atoms with Gasteiger partial charge >= 0.3 is 18.2 Å². The number of alkyl halides is 1. The molecular formula is C40H45ClF3N7O6S. The van der Waals surface area contributed by atoms with Crippen LogP contribution in [0.2, 0.25) is 5.02 Å². The highest BCUT2D eigenvalue weighted by molar-refractivity contribution is 7.22. The van der Waals surface area contributed by atoms with Crippen LogP contribution in [0.3, 0.4) is 0 Å². The molecule has 5 aliphatic heterocycles. The number of hydrogen-bond donors (Lipinski definition) is 1. The van der Waals surface area contributed by atoms with E-state index >= 15 is 8.78 Å². The van der Waals surface area contributed by atoms with Crippen LogP contribution in [0.25, 0.3) is 32.2 Å². The van der Waals surface area contributed by atoms with Crippen LogP contribution in [0.5, 0.6) is 11.8 Å². The molecule has 5 aliphatic rings. The van der Waals surface area contributed by atoms with Gasteiger partial charge in [0.2, 0.25) is 0 Å². The third kappa shape index (κ3) is 6.70. The molecule has 0 radical (unpaired) electrons. The van der Waals surface area contributed by atoms with Gasteiger partial charge in [0, 0.05) is 30.6 Å². The monoisotopic (exact) mass is 843 g/mol. The standard InChI is InChI=1S/C40H45ClF3N7O6S/c1-38(2,3)56-36(52)48-35-46-29-21(9-10-22(43)32(29)58-35)25-27(41)31-26-30(28(25)44)45-34(55-18-40-12-7-13-49(40)15-19(42)14-40)47-33(26)50-16-20-8-11-23(24(50)17-54-31)51(20)37(53)57-39(4,5)6/h9-10,19-20,23-24H,7-8,11-18H2,1-6H3,(H,46,48,52)/t19-,20-,23+,24-,40+/m1/s1. The molecule has 5 atom stereocenters. The number of ether oxygens (including phenoxy) is 4. The first-order valence-corrected chi connectivity index (χ1v) is 20.8. The predicted molar refractivity (Wildman–Crippen MR) is 213 cm³/mol. The number of piperazine rings is 1. The molecule has 2 aromatic carbocycles. The summed E-state index contributed by atoms with van der Waals surface area (Å²) in [6.07, 6.45) is 1.17. The lowest BCUT2D eigenvalue weighted by Gasteiger charge is -2.46. The zero-order valence-corrected chi connectivity index (χ0v) is 34.7. The van der Waals surface area contributed by atoms with Crippen molar-refractivity contribution in [2.45, 2.75) is 115 Å². The molecule has 18 heteroatoms. The highest BCUT2D eigenvalue weighted by Gasteiger charge is 2.53. The number of hydrogen-bond acceptors (Lipinski definition) is 12. The van der Waals surface area contributed by atoms with Gasteiger partial charge in [-0.1, -0.05) is 22.9 Å². The van der Waals surface area contributed by atoms with Gasteiger partial charge < -0.3 is 23.8 Å². The van der Waals surface area contributed by atoms with Crippen LogP contribution in [-0.2, 0) is 9.47 Å². The predicted octanol–water partition coefficient (Wildman–Crippen LogP) is 8.49. The number of rotatable bonds is 5. The molecule has 0 saturated carbocycles. The summed E-state index contributed by atoms with van der Waals surface area (Å²) < 4.78 is 71.9. The van der Waals surface area contributed by atoms with Crippen LogP contribution in [0.15, 0.2) is 12.1 Å². The highest BCUT2D eigenvalue weighted by Crippen LogP contribution is 2.52. The fourth-order valence-electron chi connectivity index (χ4n) is 9.40. The number of thiazole rings is 1. The number of fused-ring (bicyclic) bond motifs is 7.